The zero-order valence-electron chi connectivity index (χ0n) is 8.88. The Hall–Kier alpha value is -2.17. The summed E-state index contributed by atoms with van der Waals surface area (Å²) in [6.07, 6.45) is 0.744. The second kappa shape index (κ2) is 3.16. The van der Waals surface area contributed by atoms with E-state index in [4.69, 9.17) is 4.74 Å². The van der Waals surface area contributed by atoms with Gasteiger partial charge in [0, 0.05) is 12.0 Å². The molecule has 1 amide bonds. The van der Waals surface area contributed by atoms with Crippen LogP contribution in [0, 0.1) is 0 Å². The zero-order chi connectivity index (χ0) is 12.0. The van der Waals surface area contributed by atoms with Crippen molar-refractivity contribution < 1.29 is 19.1 Å². The van der Waals surface area contributed by atoms with Crippen LogP contribution < -0.4 is 4.90 Å². The number of esters is 1. The molecular formula is C12H9NO4. The molecule has 0 radical (unpaired) electrons. The highest BCUT2D eigenvalue weighted by Crippen LogP contribution is 2.42. The summed E-state index contributed by atoms with van der Waals surface area (Å²) in [5.41, 5.74) is -0.573. The van der Waals surface area contributed by atoms with Crippen LogP contribution in [-0.4, -0.2) is 30.3 Å². The van der Waals surface area contributed by atoms with Crippen molar-refractivity contribution in [2.75, 3.05) is 11.5 Å². The molecule has 5 heteroatoms. The first kappa shape index (κ1) is 10.0. The number of benzene rings is 1. The maximum atomic E-state index is 12.3. The van der Waals surface area contributed by atoms with Gasteiger partial charge in [-0.3, -0.25) is 14.5 Å². The summed E-state index contributed by atoms with van der Waals surface area (Å²) in [4.78, 5) is 36.5. The smallest absolute Gasteiger partial charge is 0.340 e. The number of cyclic esters (lactones) is 1. The first-order chi connectivity index (χ1) is 8.21. The molecule has 3 rings (SSSR count). The summed E-state index contributed by atoms with van der Waals surface area (Å²) in [5, 5.41) is 0. The van der Waals surface area contributed by atoms with Crippen LogP contribution in [-0.2, 0) is 14.3 Å². The van der Waals surface area contributed by atoms with E-state index in [-0.39, 0.29) is 18.8 Å². The third-order valence-corrected chi connectivity index (χ3v) is 3.34. The number of rotatable bonds is 1. The van der Waals surface area contributed by atoms with Crippen molar-refractivity contribution in [1.29, 1.82) is 0 Å². The number of hydrogen-bond donors (Lipinski definition) is 0. The van der Waals surface area contributed by atoms with Gasteiger partial charge in [0.25, 0.3) is 0 Å². The Bertz CT molecular complexity index is 539. The molecule has 1 fully saturated rings. The number of nitrogens with zero attached hydrogens (tertiary/aromatic N) is 1. The van der Waals surface area contributed by atoms with E-state index in [0.717, 1.165) is 0 Å². The third kappa shape index (κ3) is 1.01. The average Bonchev–Trinajstić information content (AvgIpc) is 2.83. The Morgan fingerprint density at radius 3 is 2.71 bits per heavy atom. The number of anilines is 1. The highest BCUT2D eigenvalue weighted by Gasteiger charge is 2.60. The zero-order valence-corrected chi connectivity index (χ0v) is 8.88. The van der Waals surface area contributed by atoms with E-state index < -0.39 is 11.5 Å². The molecule has 86 valence electrons. The molecule has 1 unspecified atom stereocenters. The van der Waals surface area contributed by atoms with E-state index in [9.17, 15) is 14.4 Å². The molecule has 0 aromatic heterocycles. The summed E-state index contributed by atoms with van der Waals surface area (Å²) in [5.74, 6) is -0.978. The van der Waals surface area contributed by atoms with Crippen molar-refractivity contribution in [2.24, 2.45) is 0 Å². The van der Waals surface area contributed by atoms with Gasteiger partial charge in [-0.25, -0.2) is 4.79 Å². The van der Waals surface area contributed by atoms with Gasteiger partial charge < -0.3 is 4.74 Å². The first-order valence-electron chi connectivity index (χ1n) is 5.27. The first-order valence-corrected chi connectivity index (χ1v) is 5.27. The van der Waals surface area contributed by atoms with Gasteiger partial charge in [-0.2, -0.15) is 0 Å². The maximum absolute atomic E-state index is 12.3. The second-order valence-electron chi connectivity index (χ2n) is 4.07. The number of amides is 1. The predicted octanol–water partition coefficient (Wildman–Crippen LogP) is 0.531. The molecule has 1 aromatic carbocycles. The van der Waals surface area contributed by atoms with E-state index >= 15 is 0 Å². The Balaban J connectivity index is 2.25. The molecule has 2 heterocycles. The highest BCUT2D eigenvalue weighted by molar-refractivity contribution is 6.28. The standard InChI is InChI=1S/C12H9NO4/c14-7-13-9-4-2-1-3-8(9)10(15)12(13)5-6-17-11(12)16/h1-4,7H,5-6H2. The molecule has 1 saturated heterocycles. The van der Waals surface area contributed by atoms with Crippen LogP contribution >= 0.6 is 0 Å². The molecule has 1 aromatic rings. The fourth-order valence-electron chi connectivity index (χ4n) is 2.50. The summed E-state index contributed by atoms with van der Waals surface area (Å²) in [6.45, 7) is 0.170. The second-order valence-corrected chi connectivity index (χ2v) is 4.07. The van der Waals surface area contributed by atoms with Crippen molar-refractivity contribution in [3.05, 3.63) is 29.8 Å². The predicted molar refractivity (Wildman–Crippen MR) is 57.6 cm³/mol. The summed E-state index contributed by atoms with van der Waals surface area (Å²) >= 11 is 0. The molecule has 0 saturated carbocycles. The van der Waals surface area contributed by atoms with Crippen LogP contribution in [0.15, 0.2) is 24.3 Å². The lowest BCUT2D eigenvalue weighted by atomic mass is 9.91. The molecule has 0 bridgehead atoms. The molecule has 17 heavy (non-hydrogen) atoms. The monoisotopic (exact) mass is 231 g/mol. The van der Waals surface area contributed by atoms with Crippen LogP contribution in [0.4, 0.5) is 5.69 Å². The molecule has 0 N–H and O–H groups in total. The van der Waals surface area contributed by atoms with E-state index in [1.54, 1.807) is 24.3 Å². The van der Waals surface area contributed by atoms with E-state index in [1.807, 2.05) is 0 Å². The Labute approximate surface area is 97.0 Å². The molecular weight excluding hydrogens is 222 g/mol. The molecule has 1 spiro atoms. The number of carbonyl (C=O) groups is 3. The van der Waals surface area contributed by atoms with Crippen LogP contribution in [0.1, 0.15) is 16.8 Å². The van der Waals surface area contributed by atoms with Gasteiger partial charge in [0.15, 0.2) is 0 Å². The molecule has 1 atom stereocenters. The van der Waals surface area contributed by atoms with Gasteiger partial charge >= 0.3 is 5.97 Å². The van der Waals surface area contributed by atoms with Crippen molar-refractivity contribution in [3.63, 3.8) is 0 Å². The number of fused-ring (bicyclic) bond motifs is 1. The van der Waals surface area contributed by atoms with Crippen molar-refractivity contribution >= 4 is 23.9 Å². The quantitative estimate of drug-likeness (QED) is 0.402. The van der Waals surface area contributed by atoms with Crippen molar-refractivity contribution in [1.82, 2.24) is 0 Å². The number of hydrogen-bond acceptors (Lipinski definition) is 4. The largest absolute Gasteiger partial charge is 0.463 e. The lowest BCUT2D eigenvalue weighted by molar-refractivity contribution is -0.141. The minimum absolute atomic E-state index is 0.170. The van der Waals surface area contributed by atoms with Crippen LogP contribution in [0.25, 0.3) is 0 Å². The van der Waals surface area contributed by atoms with Crippen LogP contribution in [0.3, 0.4) is 0 Å². The van der Waals surface area contributed by atoms with E-state index in [0.29, 0.717) is 17.7 Å². The van der Waals surface area contributed by atoms with E-state index in [1.165, 1.54) is 4.90 Å². The number of ether oxygens (including phenoxy) is 1. The van der Waals surface area contributed by atoms with Crippen molar-refractivity contribution in [3.8, 4) is 0 Å². The van der Waals surface area contributed by atoms with Gasteiger partial charge in [0.05, 0.1) is 12.3 Å². The third-order valence-electron chi connectivity index (χ3n) is 3.34. The van der Waals surface area contributed by atoms with Crippen LogP contribution in [0.2, 0.25) is 0 Å². The fraction of sp³-hybridized carbons (Fsp3) is 0.250. The molecule has 5 nitrogen and oxygen atoms in total. The lowest BCUT2D eigenvalue weighted by Gasteiger charge is -2.25. The minimum Gasteiger partial charge on any atom is -0.463 e. The van der Waals surface area contributed by atoms with Gasteiger partial charge in [0.2, 0.25) is 17.7 Å². The molecule has 2 aliphatic heterocycles. The minimum atomic E-state index is -1.45. The molecule has 2 aliphatic rings. The number of ketones is 1. The number of para-hydroxylation sites is 1. The van der Waals surface area contributed by atoms with Gasteiger partial charge in [-0.15, -0.1) is 0 Å². The highest BCUT2D eigenvalue weighted by atomic mass is 16.5. The Morgan fingerprint density at radius 1 is 1.29 bits per heavy atom. The SMILES string of the molecule is O=CN1c2ccccc2C(=O)C12CCOC2=O. The van der Waals surface area contributed by atoms with E-state index in [2.05, 4.69) is 0 Å². The Morgan fingerprint density at radius 2 is 2.06 bits per heavy atom. The summed E-state index contributed by atoms with van der Waals surface area (Å²) in [6, 6.07) is 6.71. The van der Waals surface area contributed by atoms with Gasteiger partial charge in [-0.1, -0.05) is 12.1 Å². The Kier molecular flexibility index (Phi) is 1.86. The molecule has 0 aliphatic carbocycles. The van der Waals surface area contributed by atoms with Gasteiger partial charge in [0.1, 0.15) is 0 Å². The van der Waals surface area contributed by atoms with Crippen LogP contribution in [0.5, 0.6) is 0 Å². The fourth-order valence-corrected chi connectivity index (χ4v) is 2.50. The number of Topliss-reactive ketones (excluding diaryl/α,β-unsaturated/α-hetero) is 1. The summed E-state index contributed by atoms with van der Waals surface area (Å²) in [7, 11) is 0. The van der Waals surface area contributed by atoms with Crippen molar-refractivity contribution in [2.45, 2.75) is 12.0 Å². The number of carbonyl (C=O) groups excluding carboxylic acids is 3. The van der Waals surface area contributed by atoms with Gasteiger partial charge in [-0.05, 0) is 12.1 Å². The lowest BCUT2D eigenvalue weighted by Crippen LogP contribution is -2.53. The average molecular weight is 231 g/mol. The topological polar surface area (TPSA) is 63.7 Å². The normalized spacial score (nSPS) is 26.2. The maximum Gasteiger partial charge on any atom is 0.340 e. The summed E-state index contributed by atoms with van der Waals surface area (Å²) < 4.78 is 4.86.